The molecule has 1 atom stereocenters. The van der Waals surface area contributed by atoms with E-state index in [1.165, 1.54) is 42.2 Å². The molecule has 1 aliphatic heterocycles. The zero-order valence-electron chi connectivity index (χ0n) is 27.7. The Bertz CT molecular complexity index is 2130. The third-order valence-corrected chi connectivity index (χ3v) is 9.81. The van der Waals surface area contributed by atoms with Crippen molar-refractivity contribution >= 4 is 27.8 Å². The molecule has 236 valence electrons. The van der Waals surface area contributed by atoms with Crippen LogP contribution in [0.2, 0.25) is 0 Å². The maximum atomic E-state index is 6.84. The van der Waals surface area contributed by atoms with Gasteiger partial charge in [-0.1, -0.05) is 75.6 Å². The molecular weight excluding hydrogens is 578 g/mol. The lowest BCUT2D eigenvalue weighted by Gasteiger charge is -2.22. The molecule has 0 bridgehead atoms. The fourth-order valence-electron chi connectivity index (χ4n) is 7.27. The van der Waals surface area contributed by atoms with E-state index in [9.17, 15) is 0 Å². The van der Waals surface area contributed by atoms with Crippen LogP contribution in [0.15, 0.2) is 108 Å². The van der Waals surface area contributed by atoms with Crippen LogP contribution in [0.4, 0.5) is 0 Å². The summed E-state index contributed by atoms with van der Waals surface area (Å²) in [7, 11) is 0. The van der Waals surface area contributed by atoms with Gasteiger partial charge in [0.2, 0.25) is 5.90 Å². The third-order valence-electron chi connectivity index (χ3n) is 9.81. The van der Waals surface area contributed by atoms with E-state index >= 15 is 0 Å². The summed E-state index contributed by atoms with van der Waals surface area (Å²) >= 11 is 0. The Morgan fingerprint density at radius 1 is 0.766 bits per heavy atom. The number of aliphatic imine (C=N–C) groups is 1. The maximum Gasteiger partial charge on any atom is 0.216 e. The lowest BCUT2D eigenvalue weighted by atomic mass is 9.86. The minimum absolute atomic E-state index is 0.102. The average Bonchev–Trinajstić information content (AvgIpc) is 3.84. The Kier molecular flexibility index (Phi) is 7.35. The van der Waals surface area contributed by atoms with Gasteiger partial charge in [-0.05, 0) is 102 Å². The second kappa shape index (κ2) is 11.7. The van der Waals surface area contributed by atoms with Crippen LogP contribution in [-0.2, 0) is 10.2 Å². The standard InChI is InChI=1S/C42H41N3O2/c1-27-16-17-39-37(19-27)36-15-10-18-43-40(36)45(39)33-23-32(42(2,3)4)24-35(25-33)47-34-21-30(28-11-6-5-7-12-28)20-31(22-34)41-44-38(26-46-41)29-13-8-9-14-29/h5-7,10-12,15-25,29,38H,8-9,13-14,26H2,1-4H3/t38-/m0/s1. The number of pyridine rings is 1. The van der Waals surface area contributed by atoms with E-state index in [-0.39, 0.29) is 11.5 Å². The lowest BCUT2D eigenvalue weighted by molar-refractivity contribution is 0.279. The molecule has 1 aliphatic carbocycles. The number of hydrogen-bond acceptors (Lipinski definition) is 4. The zero-order chi connectivity index (χ0) is 32.1. The lowest BCUT2D eigenvalue weighted by Crippen LogP contribution is -2.16. The molecule has 1 fully saturated rings. The Hall–Kier alpha value is -4.90. The Morgan fingerprint density at radius 2 is 1.55 bits per heavy atom. The number of fused-ring (bicyclic) bond motifs is 3. The van der Waals surface area contributed by atoms with Crippen molar-refractivity contribution in [3.8, 4) is 28.3 Å². The molecule has 0 spiro atoms. The fraction of sp³-hybridized carbons (Fsp3) is 0.286. The highest BCUT2D eigenvalue weighted by Crippen LogP contribution is 2.38. The second-order valence-corrected chi connectivity index (χ2v) is 14.3. The van der Waals surface area contributed by atoms with Crippen molar-refractivity contribution in [3.63, 3.8) is 0 Å². The number of benzene rings is 4. The van der Waals surface area contributed by atoms with Crippen LogP contribution in [0.25, 0.3) is 38.8 Å². The number of aryl methyl sites for hydroxylation is 1. The topological polar surface area (TPSA) is 48.6 Å². The molecule has 5 heteroatoms. The van der Waals surface area contributed by atoms with Crippen LogP contribution in [0.3, 0.4) is 0 Å². The summed E-state index contributed by atoms with van der Waals surface area (Å²) in [5.41, 5.74) is 8.56. The van der Waals surface area contributed by atoms with Gasteiger partial charge in [0.15, 0.2) is 0 Å². The molecule has 6 aromatic rings. The predicted molar refractivity (Wildman–Crippen MR) is 192 cm³/mol. The maximum absolute atomic E-state index is 6.84. The van der Waals surface area contributed by atoms with Gasteiger partial charge in [-0.3, -0.25) is 4.57 Å². The molecule has 0 saturated heterocycles. The van der Waals surface area contributed by atoms with E-state index in [1.54, 1.807) is 0 Å². The molecule has 0 N–H and O–H groups in total. The van der Waals surface area contributed by atoms with Crippen LogP contribution in [0.5, 0.6) is 11.5 Å². The van der Waals surface area contributed by atoms with Crippen LogP contribution in [-0.4, -0.2) is 28.1 Å². The van der Waals surface area contributed by atoms with Gasteiger partial charge in [-0.25, -0.2) is 9.98 Å². The zero-order valence-corrected chi connectivity index (χ0v) is 27.7. The summed E-state index contributed by atoms with van der Waals surface area (Å²) in [5, 5.41) is 2.34. The molecule has 4 aromatic carbocycles. The van der Waals surface area contributed by atoms with Crippen LogP contribution in [0, 0.1) is 12.8 Å². The number of ether oxygens (including phenoxy) is 2. The van der Waals surface area contributed by atoms with Crippen molar-refractivity contribution in [1.82, 2.24) is 9.55 Å². The van der Waals surface area contributed by atoms with Gasteiger partial charge in [-0.2, -0.15) is 0 Å². The Labute approximate surface area is 276 Å². The summed E-state index contributed by atoms with van der Waals surface area (Å²) in [6.07, 6.45) is 6.96. The van der Waals surface area contributed by atoms with Gasteiger partial charge in [0, 0.05) is 28.6 Å². The monoisotopic (exact) mass is 619 g/mol. The van der Waals surface area contributed by atoms with Crippen molar-refractivity contribution < 1.29 is 9.47 Å². The highest BCUT2D eigenvalue weighted by Gasteiger charge is 2.30. The summed E-state index contributed by atoms with van der Waals surface area (Å²) in [6, 6.07) is 34.5. The SMILES string of the molecule is Cc1ccc2c(c1)c1cccnc1n2-c1cc(Oc2cc(C3=N[C@H](C4CCCC4)CO3)cc(-c3ccccc3)c2)cc(C(C)(C)C)c1. The quantitative estimate of drug-likeness (QED) is 0.186. The highest BCUT2D eigenvalue weighted by atomic mass is 16.5. The van der Waals surface area contributed by atoms with Crippen molar-refractivity contribution in [3.05, 3.63) is 120 Å². The van der Waals surface area contributed by atoms with Crippen LogP contribution in [0.1, 0.15) is 63.1 Å². The molecule has 3 heterocycles. The minimum atomic E-state index is -0.102. The second-order valence-electron chi connectivity index (χ2n) is 14.3. The fourth-order valence-corrected chi connectivity index (χ4v) is 7.27. The van der Waals surface area contributed by atoms with Gasteiger partial charge < -0.3 is 9.47 Å². The van der Waals surface area contributed by atoms with Crippen LogP contribution < -0.4 is 4.74 Å². The van der Waals surface area contributed by atoms with Crippen molar-refractivity contribution in [2.24, 2.45) is 10.9 Å². The Morgan fingerprint density at radius 3 is 2.36 bits per heavy atom. The molecule has 0 unspecified atom stereocenters. The highest BCUT2D eigenvalue weighted by molar-refractivity contribution is 6.08. The first-order chi connectivity index (χ1) is 22.8. The first-order valence-corrected chi connectivity index (χ1v) is 16.9. The first-order valence-electron chi connectivity index (χ1n) is 16.9. The molecule has 0 radical (unpaired) electrons. The van der Waals surface area contributed by atoms with E-state index in [4.69, 9.17) is 19.5 Å². The van der Waals surface area contributed by atoms with Gasteiger partial charge >= 0.3 is 0 Å². The predicted octanol–water partition coefficient (Wildman–Crippen LogP) is 10.6. The molecule has 0 amide bonds. The average molecular weight is 620 g/mol. The Balaban J connectivity index is 1.25. The van der Waals surface area contributed by atoms with E-state index in [2.05, 4.69) is 117 Å². The van der Waals surface area contributed by atoms with Crippen LogP contribution >= 0.6 is 0 Å². The first kappa shape index (κ1) is 29.5. The van der Waals surface area contributed by atoms with E-state index in [1.807, 2.05) is 18.3 Å². The van der Waals surface area contributed by atoms with Crippen molar-refractivity contribution in [2.45, 2.75) is 64.8 Å². The summed E-state index contributed by atoms with van der Waals surface area (Å²) < 4.78 is 15.4. The smallest absolute Gasteiger partial charge is 0.216 e. The molecular formula is C42H41N3O2. The number of rotatable bonds is 6. The molecule has 1 saturated carbocycles. The summed E-state index contributed by atoms with van der Waals surface area (Å²) in [4.78, 5) is 9.97. The number of aromatic nitrogens is 2. The molecule has 5 nitrogen and oxygen atoms in total. The van der Waals surface area contributed by atoms with Crippen molar-refractivity contribution in [2.75, 3.05) is 6.61 Å². The summed E-state index contributed by atoms with van der Waals surface area (Å²) in [6.45, 7) is 9.53. The normalized spacial score (nSPS) is 16.9. The van der Waals surface area contributed by atoms with Gasteiger partial charge in [-0.15, -0.1) is 0 Å². The molecule has 2 aliphatic rings. The number of nitrogens with zero attached hydrogens (tertiary/aromatic N) is 3. The number of hydrogen-bond donors (Lipinski definition) is 0. The van der Waals surface area contributed by atoms with Gasteiger partial charge in [0.25, 0.3) is 0 Å². The molecule has 2 aromatic heterocycles. The van der Waals surface area contributed by atoms with E-state index < -0.39 is 0 Å². The minimum Gasteiger partial charge on any atom is -0.475 e. The van der Waals surface area contributed by atoms with Crippen molar-refractivity contribution in [1.29, 1.82) is 0 Å². The molecule has 47 heavy (non-hydrogen) atoms. The van der Waals surface area contributed by atoms with E-state index in [0.29, 0.717) is 12.5 Å². The van der Waals surface area contributed by atoms with Gasteiger partial charge in [0.05, 0.1) is 17.2 Å². The van der Waals surface area contributed by atoms with Gasteiger partial charge in [0.1, 0.15) is 23.8 Å². The molecule has 8 rings (SSSR count). The third kappa shape index (κ3) is 5.69. The van der Waals surface area contributed by atoms with E-state index in [0.717, 1.165) is 56.3 Å². The largest absolute Gasteiger partial charge is 0.475 e. The summed E-state index contributed by atoms with van der Waals surface area (Å²) in [5.74, 6) is 2.88.